The highest BCUT2D eigenvalue weighted by Gasteiger charge is 2.05. The first kappa shape index (κ1) is 15.2. The van der Waals surface area contributed by atoms with E-state index in [1.807, 2.05) is 32.3 Å². The molecule has 0 unspecified atom stereocenters. The molecule has 1 aromatic carbocycles. The summed E-state index contributed by atoms with van der Waals surface area (Å²) in [5.41, 5.74) is 2.87. The van der Waals surface area contributed by atoms with Gasteiger partial charge in [-0.3, -0.25) is 4.68 Å². The second-order valence-electron chi connectivity index (χ2n) is 5.29. The summed E-state index contributed by atoms with van der Waals surface area (Å²) in [6, 6.07) is 7.05. The molecule has 3 aromatic rings. The van der Waals surface area contributed by atoms with Gasteiger partial charge in [0, 0.05) is 48.6 Å². The van der Waals surface area contributed by atoms with Crippen LogP contribution in [0.15, 0.2) is 45.9 Å². The van der Waals surface area contributed by atoms with Crippen LogP contribution in [-0.2, 0) is 13.6 Å². The Morgan fingerprint density at radius 2 is 2.22 bits per heavy atom. The summed E-state index contributed by atoms with van der Waals surface area (Å²) in [4.78, 5) is 11.5. The molecule has 0 saturated heterocycles. The molecule has 0 radical (unpaired) electrons. The van der Waals surface area contributed by atoms with Gasteiger partial charge in [0.15, 0.2) is 5.11 Å². The quantitative estimate of drug-likeness (QED) is 0.568. The third kappa shape index (κ3) is 3.57. The van der Waals surface area contributed by atoms with E-state index in [2.05, 4.69) is 15.7 Å². The molecule has 0 aliphatic carbocycles. The lowest BCUT2D eigenvalue weighted by molar-refractivity contribution is 0.560. The van der Waals surface area contributed by atoms with Crippen molar-refractivity contribution >= 4 is 34.0 Å². The number of aromatic nitrogens is 2. The van der Waals surface area contributed by atoms with Gasteiger partial charge in [-0.25, -0.2) is 4.79 Å². The van der Waals surface area contributed by atoms with Crippen molar-refractivity contribution in [1.82, 2.24) is 15.1 Å². The van der Waals surface area contributed by atoms with E-state index in [1.54, 1.807) is 16.9 Å². The Hall–Kier alpha value is -2.67. The van der Waals surface area contributed by atoms with Crippen LogP contribution in [0.5, 0.6) is 0 Å². The van der Waals surface area contributed by atoms with E-state index in [1.165, 1.54) is 6.07 Å². The topological polar surface area (TPSA) is 72.1 Å². The summed E-state index contributed by atoms with van der Waals surface area (Å²) < 4.78 is 6.96. The molecule has 2 N–H and O–H groups in total. The van der Waals surface area contributed by atoms with Crippen LogP contribution < -0.4 is 16.3 Å². The van der Waals surface area contributed by atoms with Gasteiger partial charge in [0.2, 0.25) is 0 Å². The van der Waals surface area contributed by atoms with Crippen LogP contribution in [0.3, 0.4) is 0 Å². The summed E-state index contributed by atoms with van der Waals surface area (Å²) in [6.45, 7) is 2.47. The van der Waals surface area contributed by atoms with Crippen molar-refractivity contribution in [2.75, 3.05) is 5.32 Å². The predicted molar refractivity (Wildman–Crippen MR) is 93.5 cm³/mol. The monoisotopic (exact) mass is 328 g/mol. The van der Waals surface area contributed by atoms with Gasteiger partial charge in [0.05, 0.1) is 6.20 Å². The Bertz CT molecular complexity index is 929. The van der Waals surface area contributed by atoms with Crippen molar-refractivity contribution in [1.29, 1.82) is 0 Å². The van der Waals surface area contributed by atoms with Crippen molar-refractivity contribution in [2.45, 2.75) is 13.5 Å². The van der Waals surface area contributed by atoms with Crippen LogP contribution in [0.1, 0.15) is 11.1 Å². The maximum Gasteiger partial charge on any atom is 0.336 e. The number of rotatable bonds is 3. The normalized spacial score (nSPS) is 10.7. The van der Waals surface area contributed by atoms with Crippen molar-refractivity contribution in [3.63, 3.8) is 0 Å². The summed E-state index contributed by atoms with van der Waals surface area (Å²) in [5, 5.41) is 11.7. The molecule has 0 atom stereocenters. The minimum absolute atomic E-state index is 0.357. The van der Waals surface area contributed by atoms with Gasteiger partial charge in [0.25, 0.3) is 0 Å². The Labute approximate surface area is 138 Å². The van der Waals surface area contributed by atoms with Crippen molar-refractivity contribution in [3.05, 3.63) is 58.2 Å². The van der Waals surface area contributed by atoms with Crippen LogP contribution in [0, 0.1) is 6.92 Å². The molecule has 0 saturated carbocycles. The first-order valence-electron chi connectivity index (χ1n) is 7.08. The molecule has 0 spiro atoms. The van der Waals surface area contributed by atoms with Crippen molar-refractivity contribution in [2.24, 2.45) is 7.05 Å². The molecule has 0 bridgehead atoms. The highest BCUT2D eigenvalue weighted by atomic mass is 32.1. The van der Waals surface area contributed by atoms with Crippen molar-refractivity contribution in [3.8, 4) is 0 Å². The van der Waals surface area contributed by atoms with Gasteiger partial charge in [-0.1, -0.05) is 0 Å². The zero-order chi connectivity index (χ0) is 16.4. The Balaban J connectivity index is 1.70. The van der Waals surface area contributed by atoms with E-state index < -0.39 is 0 Å². The molecular formula is C16H16N4O2S. The standard InChI is InChI=1S/C16H16N4O2S/c1-10-5-15(21)22-14-6-12(3-4-13(10)14)19-16(23)17-7-11-8-18-20(2)9-11/h3-6,8-9H,7H2,1-2H3,(H2,17,19,23). The number of nitrogens with one attached hydrogen (secondary N) is 2. The highest BCUT2D eigenvalue weighted by molar-refractivity contribution is 7.80. The molecule has 0 amide bonds. The lowest BCUT2D eigenvalue weighted by Crippen LogP contribution is -2.27. The largest absolute Gasteiger partial charge is 0.423 e. The zero-order valence-electron chi connectivity index (χ0n) is 12.8. The molecule has 0 aliphatic rings. The van der Waals surface area contributed by atoms with E-state index in [4.69, 9.17) is 16.6 Å². The number of hydrogen-bond acceptors (Lipinski definition) is 4. The minimum Gasteiger partial charge on any atom is -0.423 e. The smallest absolute Gasteiger partial charge is 0.336 e. The SMILES string of the molecule is Cc1cc(=O)oc2cc(NC(=S)NCc3cnn(C)c3)ccc12. The Kier molecular flexibility index (Phi) is 4.12. The number of benzene rings is 1. The molecule has 7 heteroatoms. The molecule has 3 rings (SSSR count). The average Bonchev–Trinajstić information content (AvgIpc) is 2.90. The molecule has 2 heterocycles. The number of thiocarbonyl (C=S) groups is 1. The minimum atomic E-state index is -0.357. The first-order valence-corrected chi connectivity index (χ1v) is 7.49. The van der Waals surface area contributed by atoms with Gasteiger partial charge in [-0.2, -0.15) is 5.10 Å². The maximum absolute atomic E-state index is 11.5. The second-order valence-corrected chi connectivity index (χ2v) is 5.70. The van der Waals surface area contributed by atoms with Gasteiger partial charge < -0.3 is 15.1 Å². The van der Waals surface area contributed by atoms with Gasteiger partial charge in [-0.05, 0) is 36.8 Å². The third-order valence-corrected chi connectivity index (χ3v) is 3.67. The van der Waals surface area contributed by atoms with Crippen LogP contribution in [0.25, 0.3) is 11.0 Å². The number of aryl methyl sites for hydroxylation is 2. The van der Waals surface area contributed by atoms with Crippen LogP contribution in [-0.4, -0.2) is 14.9 Å². The van der Waals surface area contributed by atoms with E-state index in [0.29, 0.717) is 17.2 Å². The molecule has 0 fully saturated rings. The summed E-state index contributed by atoms with van der Waals surface area (Å²) in [6.07, 6.45) is 3.70. The zero-order valence-corrected chi connectivity index (χ0v) is 13.6. The Morgan fingerprint density at radius 3 is 2.96 bits per heavy atom. The third-order valence-electron chi connectivity index (χ3n) is 3.42. The first-order chi connectivity index (χ1) is 11.0. The lowest BCUT2D eigenvalue weighted by Gasteiger charge is -2.10. The molecule has 6 nitrogen and oxygen atoms in total. The van der Waals surface area contributed by atoms with Crippen LogP contribution >= 0.6 is 12.2 Å². The maximum atomic E-state index is 11.5. The van der Waals surface area contributed by atoms with Gasteiger partial charge in [-0.15, -0.1) is 0 Å². The second kappa shape index (κ2) is 6.21. The van der Waals surface area contributed by atoms with Crippen LogP contribution in [0.4, 0.5) is 5.69 Å². The number of anilines is 1. The van der Waals surface area contributed by atoms with E-state index in [9.17, 15) is 4.79 Å². The van der Waals surface area contributed by atoms with Crippen molar-refractivity contribution < 1.29 is 4.42 Å². The Morgan fingerprint density at radius 1 is 1.39 bits per heavy atom. The molecule has 23 heavy (non-hydrogen) atoms. The molecular weight excluding hydrogens is 312 g/mol. The molecule has 2 aromatic heterocycles. The fraction of sp³-hybridized carbons (Fsp3) is 0.188. The lowest BCUT2D eigenvalue weighted by atomic mass is 10.1. The fourth-order valence-corrected chi connectivity index (χ4v) is 2.51. The summed E-state index contributed by atoms with van der Waals surface area (Å²) >= 11 is 5.27. The number of fused-ring (bicyclic) bond motifs is 1. The predicted octanol–water partition coefficient (Wildman–Crippen LogP) is 2.32. The van der Waals surface area contributed by atoms with Crippen LogP contribution in [0.2, 0.25) is 0 Å². The van der Waals surface area contributed by atoms with Gasteiger partial charge >= 0.3 is 5.63 Å². The molecule has 0 aliphatic heterocycles. The fourth-order valence-electron chi connectivity index (χ4n) is 2.32. The number of hydrogen-bond donors (Lipinski definition) is 2. The summed E-state index contributed by atoms with van der Waals surface area (Å²) in [5.74, 6) is 0. The van der Waals surface area contributed by atoms with E-state index in [-0.39, 0.29) is 5.63 Å². The van der Waals surface area contributed by atoms with E-state index in [0.717, 1.165) is 22.2 Å². The van der Waals surface area contributed by atoms with Gasteiger partial charge in [0.1, 0.15) is 5.58 Å². The molecule has 118 valence electrons. The number of nitrogens with zero attached hydrogens (tertiary/aromatic N) is 2. The van der Waals surface area contributed by atoms with E-state index >= 15 is 0 Å². The highest BCUT2D eigenvalue weighted by Crippen LogP contribution is 2.20. The summed E-state index contributed by atoms with van der Waals surface area (Å²) in [7, 11) is 1.87. The average molecular weight is 328 g/mol.